The average molecular weight is 480 g/mol. The molecule has 3 atom stereocenters. The van der Waals surface area contributed by atoms with Gasteiger partial charge in [-0.3, -0.25) is 24.1 Å². The molecule has 0 radical (unpaired) electrons. The fraction of sp³-hybridized carbons (Fsp3) is 0.571. The molecule has 1 N–H and O–H groups in total. The molecule has 1 saturated heterocycles. The Balaban J connectivity index is 1.46. The van der Waals surface area contributed by atoms with E-state index in [1.54, 1.807) is 4.90 Å². The highest BCUT2D eigenvalue weighted by atomic mass is 16.2. The first kappa shape index (κ1) is 25.1. The highest BCUT2D eigenvalue weighted by Gasteiger charge is 2.47. The van der Waals surface area contributed by atoms with Crippen molar-refractivity contribution in [3.05, 3.63) is 48.0 Å². The Bertz CT molecular complexity index is 928. The van der Waals surface area contributed by atoms with Crippen LogP contribution in [0.15, 0.2) is 42.5 Å². The molecule has 1 heterocycles. The van der Waals surface area contributed by atoms with E-state index in [1.807, 2.05) is 49.4 Å². The summed E-state index contributed by atoms with van der Waals surface area (Å²) in [5, 5.41) is 3.18. The zero-order valence-corrected chi connectivity index (χ0v) is 20.7. The number of imide groups is 1. The number of hydrogen-bond donors (Lipinski definition) is 1. The molecule has 7 nitrogen and oxygen atoms in total. The van der Waals surface area contributed by atoms with Crippen LogP contribution in [0, 0.1) is 11.8 Å². The summed E-state index contributed by atoms with van der Waals surface area (Å²) >= 11 is 0. The van der Waals surface area contributed by atoms with E-state index in [0.717, 1.165) is 31.2 Å². The van der Waals surface area contributed by atoms with Gasteiger partial charge in [0.1, 0.15) is 6.04 Å². The molecule has 1 aromatic rings. The number of hydrogen-bond acceptors (Lipinski definition) is 4. The first-order valence-electron chi connectivity index (χ1n) is 13.1. The third kappa shape index (κ3) is 5.82. The van der Waals surface area contributed by atoms with Crippen LogP contribution in [-0.4, -0.2) is 52.1 Å². The molecule has 1 aliphatic heterocycles. The third-order valence-electron chi connectivity index (χ3n) is 7.68. The number of allylic oxidation sites excluding steroid dienone is 2. The van der Waals surface area contributed by atoms with E-state index < -0.39 is 6.04 Å². The molecule has 1 saturated carbocycles. The molecule has 3 aliphatic rings. The maximum atomic E-state index is 13.5. The van der Waals surface area contributed by atoms with Gasteiger partial charge in [0.05, 0.1) is 11.8 Å². The van der Waals surface area contributed by atoms with Crippen LogP contribution in [0.3, 0.4) is 0 Å². The van der Waals surface area contributed by atoms with Gasteiger partial charge in [-0.05, 0) is 37.7 Å². The number of rotatable bonds is 9. The van der Waals surface area contributed by atoms with Gasteiger partial charge in [0.2, 0.25) is 23.6 Å². The van der Waals surface area contributed by atoms with Crippen LogP contribution in [0.4, 0.5) is 0 Å². The minimum atomic E-state index is -0.596. The number of benzene rings is 1. The smallest absolute Gasteiger partial charge is 0.243 e. The molecule has 35 heavy (non-hydrogen) atoms. The topological polar surface area (TPSA) is 86.8 Å². The maximum absolute atomic E-state index is 13.5. The minimum absolute atomic E-state index is 0.0182. The largest absolute Gasteiger partial charge is 0.352 e. The van der Waals surface area contributed by atoms with Crippen molar-refractivity contribution >= 4 is 23.6 Å². The molecule has 0 unspecified atom stereocenters. The predicted octanol–water partition coefficient (Wildman–Crippen LogP) is 3.58. The fourth-order valence-electron chi connectivity index (χ4n) is 5.68. The Hall–Kier alpha value is -2.96. The van der Waals surface area contributed by atoms with Crippen molar-refractivity contribution in [1.29, 1.82) is 0 Å². The van der Waals surface area contributed by atoms with Crippen LogP contribution in [0.25, 0.3) is 0 Å². The van der Waals surface area contributed by atoms with E-state index in [9.17, 15) is 19.2 Å². The van der Waals surface area contributed by atoms with Crippen LogP contribution in [0.5, 0.6) is 0 Å². The predicted molar refractivity (Wildman–Crippen MR) is 133 cm³/mol. The number of carbonyl (C=O) groups is 4. The molecule has 2 fully saturated rings. The average Bonchev–Trinajstić information content (AvgIpc) is 3.13. The first-order valence-corrected chi connectivity index (χ1v) is 13.1. The van der Waals surface area contributed by atoms with Gasteiger partial charge in [-0.1, -0.05) is 68.7 Å². The summed E-state index contributed by atoms with van der Waals surface area (Å²) < 4.78 is 0. The van der Waals surface area contributed by atoms with E-state index in [4.69, 9.17) is 0 Å². The van der Waals surface area contributed by atoms with Gasteiger partial charge in [0.15, 0.2) is 0 Å². The molecular formula is C28H37N3O4. The lowest BCUT2D eigenvalue weighted by Gasteiger charge is -2.33. The van der Waals surface area contributed by atoms with E-state index in [2.05, 4.69) is 5.32 Å². The zero-order chi connectivity index (χ0) is 24.8. The lowest BCUT2D eigenvalue weighted by molar-refractivity contribution is -0.144. The Morgan fingerprint density at radius 1 is 1.00 bits per heavy atom. The van der Waals surface area contributed by atoms with Gasteiger partial charge < -0.3 is 10.2 Å². The van der Waals surface area contributed by atoms with Crippen LogP contribution in [0.1, 0.15) is 70.3 Å². The van der Waals surface area contributed by atoms with E-state index >= 15 is 0 Å². The molecule has 0 bridgehead atoms. The first-order chi connectivity index (χ1) is 17.0. The quantitative estimate of drug-likeness (QED) is 0.433. The molecule has 0 spiro atoms. The summed E-state index contributed by atoms with van der Waals surface area (Å²) in [7, 11) is 0. The number of carbonyl (C=O) groups excluding carboxylic acids is 4. The highest BCUT2D eigenvalue weighted by molar-refractivity contribution is 6.05. The minimum Gasteiger partial charge on any atom is -0.352 e. The van der Waals surface area contributed by atoms with Gasteiger partial charge in [-0.2, -0.15) is 0 Å². The summed E-state index contributed by atoms with van der Waals surface area (Å²) in [6.45, 7) is 2.30. The molecule has 2 aliphatic carbocycles. The van der Waals surface area contributed by atoms with E-state index in [-0.39, 0.29) is 54.5 Å². The summed E-state index contributed by atoms with van der Waals surface area (Å²) in [6, 6.07) is 9.20. The van der Waals surface area contributed by atoms with Gasteiger partial charge in [0.25, 0.3) is 0 Å². The second-order valence-electron chi connectivity index (χ2n) is 10.0. The number of amides is 4. The Morgan fingerprint density at radius 2 is 1.63 bits per heavy atom. The molecular weight excluding hydrogens is 442 g/mol. The van der Waals surface area contributed by atoms with Crippen molar-refractivity contribution < 1.29 is 19.2 Å². The van der Waals surface area contributed by atoms with Crippen molar-refractivity contribution in [2.75, 3.05) is 6.54 Å². The van der Waals surface area contributed by atoms with Crippen molar-refractivity contribution in [2.24, 2.45) is 11.8 Å². The lowest BCUT2D eigenvalue weighted by Crippen LogP contribution is -2.52. The van der Waals surface area contributed by atoms with Gasteiger partial charge in [0, 0.05) is 25.6 Å². The summed E-state index contributed by atoms with van der Waals surface area (Å²) in [5.74, 6) is -1.27. The van der Waals surface area contributed by atoms with E-state index in [1.165, 1.54) is 11.3 Å². The number of likely N-dealkylation sites (tertiary alicyclic amines) is 1. The van der Waals surface area contributed by atoms with E-state index in [0.29, 0.717) is 25.8 Å². The third-order valence-corrected chi connectivity index (χ3v) is 7.68. The number of nitrogens with zero attached hydrogens (tertiary/aromatic N) is 2. The van der Waals surface area contributed by atoms with Gasteiger partial charge in [-0.15, -0.1) is 0 Å². The Kier molecular flexibility index (Phi) is 8.37. The lowest BCUT2D eigenvalue weighted by atomic mass is 9.85. The maximum Gasteiger partial charge on any atom is 0.243 e. The van der Waals surface area contributed by atoms with Crippen LogP contribution >= 0.6 is 0 Å². The fourth-order valence-corrected chi connectivity index (χ4v) is 5.68. The zero-order valence-electron chi connectivity index (χ0n) is 20.7. The molecule has 188 valence electrons. The van der Waals surface area contributed by atoms with Gasteiger partial charge >= 0.3 is 0 Å². The van der Waals surface area contributed by atoms with Gasteiger partial charge in [-0.25, -0.2) is 0 Å². The summed E-state index contributed by atoms with van der Waals surface area (Å²) in [6.07, 6.45) is 11.0. The molecule has 7 heteroatoms. The van der Waals surface area contributed by atoms with Crippen molar-refractivity contribution in [3.8, 4) is 0 Å². The second kappa shape index (κ2) is 11.6. The SMILES string of the molecule is CC[C@@H](C(=O)NC1CCCCC1)N(Cc1ccccc1)C(=O)CCN1C(=O)[C@H]2CC=CC[C@H]2C1=O. The Morgan fingerprint density at radius 3 is 2.23 bits per heavy atom. The molecule has 4 rings (SSSR count). The van der Waals surface area contributed by atoms with Crippen molar-refractivity contribution in [1.82, 2.24) is 15.1 Å². The monoisotopic (exact) mass is 479 g/mol. The van der Waals surface area contributed by atoms with Crippen LogP contribution < -0.4 is 5.32 Å². The standard InChI is InChI=1S/C28H37N3O4/c1-2-24(26(33)29-21-13-7-4-8-14-21)31(19-20-11-5-3-6-12-20)25(32)17-18-30-27(34)22-15-9-10-16-23(22)28(30)35/h3,5-6,9-12,21-24H,2,4,7-8,13-19H2,1H3,(H,29,33)/t22-,23+,24-/m0/s1. The number of fused-ring (bicyclic) bond motifs is 1. The second-order valence-corrected chi connectivity index (χ2v) is 10.0. The summed E-state index contributed by atoms with van der Waals surface area (Å²) in [5.41, 5.74) is 0.940. The van der Waals surface area contributed by atoms with Crippen molar-refractivity contribution in [2.45, 2.75) is 83.3 Å². The molecule has 0 aromatic heterocycles. The van der Waals surface area contributed by atoms with Crippen LogP contribution in [0.2, 0.25) is 0 Å². The summed E-state index contributed by atoms with van der Waals surface area (Å²) in [4.78, 5) is 55.3. The van der Waals surface area contributed by atoms with Crippen molar-refractivity contribution in [3.63, 3.8) is 0 Å². The molecule has 4 amide bonds. The molecule has 1 aromatic carbocycles. The highest BCUT2D eigenvalue weighted by Crippen LogP contribution is 2.35. The Labute approximate surface area is 207 Å². The normalized spacial score (nSPS) is 23.2. The number of nitrogens with one attached hydrogen (secondary N) is 1. The van der Waals surface area contributed by atoms with Crippen LogP contribution in [-0.2, 0) is 25.7 Å².